The van der Waals surface area contributed by atoms with Gasteiger partial charge in [0.2, 0.25) is 5.91 Å². The molecule has 2 aromatic rings. The summed E-state index contributed by atoms with van der Waals surface area (Å²) in [5.41, 5.74) is 0.942. The van der Waals surface area contributed by atoms with Crippen molar-refractivity contribution in [3.63, 3.8) is 0 Å². The van der Waals surface area contributed by atoms with Crippen molar-refractivity contribution in [3.8, 4) is 0 Å². The summed E-state index contributed by atoms with van der Waals surface area (Å²) in [5, 5.41) is 11.0. The minimum Gasteiger partial charge on any atom is -0.307 e. The maximum absolute atomic E-state index is 12.3. The molecule has 1 aliphatic rings. The van der Waals surface area contributed by atoms with E-state index in [-0.39, 0.29) is 10.7 Å². The number of nitrogens with one attached hydrogen (secondary N) is 2. The molecule has 1 atom stereocenters. The van der Waals surface area contributed by atoms with Gasteiger partial charge in [-0.2, -0.15) is 5.10 Å². The summed E-state index contributed by atoms with van der Waals surface area (Å²) in [7, 11) is 0. The van der Waals surface area contributed by atoms with Crippen molar-refractivity contribution < 1.29 is 4.79 Å². The van der Waals surface area contributed by atoms with E-state index in [1.807, 2.05) is 31.2 Å². The van der Waals surface area contributed by atoms with E-state index in [1.54, 1.807) is 11.8 Å². The maximum Gasteiger partial charge on any atom is 0.241 e. The number of hydrogen-bond donors (Lipinski definition) is 2. The second-order valence-corrected chi connectivity index (χ2v) is 6.35. The van der Waals surface area contributed by atoms with E-state index in [2.05, 4.69) is 15.5 Å². The molecule has 18 heavy (non-hydrogen) atoms. The lowest BCUT2D eigenvalue weighted by Gasteiger charge is -2.20. The minimum absolute atomic E-state index is 0.0576. The van der Waals surface area contributed by atoms with E-state index < -0.39 is 0 Å². The number of aromatic nitrogens is 2. The number of hydrogen-bond acceptors (Lipinski definition) is 3. The van der Waals surface area contributed by atoms with Crippen LogP contribution in [-0.2, 0) is 4.79 Å². The van der Waals surface area contributed by atoms with Gasteiger partial charge < -0.3 is 5.32 Å². The SMILES string of the molecule is CC1(C(=O)Nc2n[nH]c3ccccc23)CCCS1. The smallest absolute Gasteiger partial charge is 0.241 e. The van der Waals surface area contributed by atoms with Gasteiger partial charge in [-0.25, -0.2) is 0 Å². The second kappa shape index (κ2) is 4.31. The topological polar surface area (TPSA) is 57.8 Å². The zero-order valence-corrected chi connectivity index (χ0v) is 11.0. The highest BCUT2D eigenvalue weighted by Gasteiger charge is 2.37. The number of para-hydroxylation sites is 1. The number of carbonyl (C=O) groups excluding carboxylic acids is 1. The number of fused-ring (bicyclic) bond motifs is 1. The van der Waals surface area contributed by atoms with Gasteiger partial charge in [-0.3, -0.25) is 9.89 Å². The fraction of sp³-hybridized carbons (Fsp3) is 0.385. The van der Waals surface area contributed by atoms with Crippen molar-refractivity contribution in [2.24, 2.45) is 0 Å². The Balaban J connectivity index is 1.86. The van der Waals surface area contributed by atoms with Crippen molar-refractivity contribution in [1.29, 1.82) is 0 Å². The van der Waals surface area contributed by atoms with Crippen LogP contribution in [0.15, 0.2) is 24.3 Å². The van der Waals surface area contributed by atoms with Crippen molar-refractivity contribution in [2.45, 2.75) is 24.5 Å². The van der Waals surface area contributed by atoms with Gasteiger partial charge >= 0.3 is 0 Å². The third-order valence-corrected chi connectivity index (χ3v) is 4.92. The average molecular weight is 261 g/mol. The predicted molar refractivity (Wildman–Crippen MR) is 74.8 cm³/mol. The van der Waals surface area contributed by atoms with Crippen LogP contribution >= 0.6 is 11.8 Å². The summed E-state index contributed by atoms with van der Waals surface area (Å²) in [6.45, 7) is 2.01. The second-order valence-electron chi connectivity index (χ2n) is 4.75. The van der Waals surface area contributed by atoms with Crippen LogP contribution in [0.5, 0.6) is 0 Å². The molecule has 3 rings (SSSR count). The molecular weight excluding hydrogens is 246 g/mol. The zero-order chi connectivity index (χ0) is 12.6. The van der Waals surface area contributed by atoms with Gasteiger partial charge in [0.25, 0.3) is 0 Å². The number of thioether (sulfide) groups is 1. The Labute approximate surface area is 110 Å². The van der Waals surface area contributed by atoms with Crippen LogP contribution < -0.4 is 5.32 Å². The first-order chi connectivity index (χ1) is 8.69. The lowest BCUT2D eigenvalue weighted by atomic mass is 10.0. The van der Waals surface area contributed by atoms with Crippen LogP contribution in [0, 0.1) is 0 Å². The average Bonchev–Trinajstić information content (AvgIpc) is 2.98. The molecule has 0 aliphatic carbocycles. The first kappa shape index (κ1) is 11.6. The fourth-order valence-electron chi connectivity index (χ4n) is 2.26. The molecule has 94 valence electrons. The third-order valence-electron chi connectivity index (χ3n) is 3.40. The number of anilines is 1. The summed E-state index contributed by atoms with van der Waals surface area (Å²) < 4.78 is -0.306. The molecule has 0 bridgehead atoms. The van der Waals surface area contributed by atoms with E-state index in [1.165, 1.54) is 0 Å². The largest absolute Gasteiger partial charge is 0.307 e. The van der Waals surface area contributed by atoms with Crippen molar-refractivity contribution >= 4 is 34.4 Å². The van der Waals surface area contributed by atoms with Gasteiger partial charge in [-0.05, 0) is 37.7 Å². The first-order valence-corrected chi connectivity index (χ1v) is 7.06. The minimum atomic E-state index is -0.306. The molecule has 1 fully saturated rings. The van der Waals surface area contributed by atoms with E-state index >= 15 is 0 Å². The zero-order valence-electron chi connectivity index (χ0n) is 10.2. The molecular formula is C13H15N3OS. The predicted octanol–water partition coefficient (Wildman–Crippen LogP) is 2.79. The van der Waals surface area contributed by atoms with Crippen LogP contribution in [0.4, 0.5) is 5.82 Å². The molecule has 5 heteroatoms. The molecule has 1 amide bonds. The van der Waals surface area contributed by atoms with Crippen LogP contribution in [-0.4, -0.2) is 26.6 Å². The van der Waals surface area contributed by atoms with Gasteiger partial charge in [0.1, 0.15) is 0 Å². The van der Waals surface area contributed by atoms with Crippen LogP contribution in [0.25, 0.3) is 10.9 Å². The molecule has 2 heterocycles. The Hall–Kier alpha value is -1.49. The quantitative estimate of drug-likeness (QED) is 0.874. The van der Waals surface area contributed by atoms with E-state index in [0.29, 0.717) is 5.82 Å². The van der Waals surface area contributed by atoms with Crippen molar-refractivity contribution in [3.05, 3.63) is 24.3 Å². The van der Waals surface area contributed by atoms with Crippen molar-refractivity contribution in [2.75, 3.05) is 11.1 Å². The Morgan fingerprint density at radius 3 is 3.11 bits per heavy atom. The van der Waals surface area contributed by atoms with Gasteiger partial charge in [0.15, 0.2) is 5.82 Å². The monoisotopic (exact) mass is 261 g/mol. The number of amides is 1. The summed E-state index contributed by atoms with van der Waals surface area (Å²) >= 11 is 1.73. The van der Waals surface area contributed by atoms with E-state index in [4.69, 9.17) is 0 Å². The maximum atomic E-state index is 12.3. The summed E-state index contributed by atoms with van der Waals surface area (Å²) in [5.74, 6) is 1.75. The summed E-state index contributed by atoms with van der Waals surface area (Å²) in [6, 6.07) is 7.79. The molecule has 1 aromatic heterocycles. The molecule has 4 nitrogen and oxygen atoms in total. The molecule has 1 aliphatic heterocycles. The van der Waals surface area contributed by atoms with Crippen LogP contribution in [0.2, 0.25) is 0 Å². The third kappa shape index (κ3) is 1.88. The molecule has 0 saturated carbocycles. The normalized spacial score (nSPS) is 23.4. The lowest BCUT2D eigenvalue weighted by molar-refractivity contribution is -0.118. The number of H-pyrrole nitrogens is 1. The van der Waals surface area contributed by atoms with Gasteiger partial charge in [-0.1, -0.05) is 12.1 Å². The van der Waals surface area contributed by atoms with E-state index in [0.717, 1.165) is 29.5 Å². The first-order valence-electron chi connectivity index (χ1n) is 6.08. The summed E-state index contributed by atoms with van der Waals surface area (Å²) in [6.07, 6.45) is 2.04. The fourth-order valence-corrected chi connectivity index (χ4v) is 3.47. The molecule has 2 N–H and O–H groups in total. The highest BCUT2D eigenvalue weighted by atomic mass is 32.2. The van der Waals surface area contributed by atoms with Crippen LogP contribution in [0.3, 0.4) is 0 Å². The number of nitrogens with zero attached hydrogens (tertiary/aromatic N) is 1. The summed E-state index contributed by atoms with van der Waals surface area (Å²) in [4.78, 5) is 12.3. The Kier molecular flexibility index (Phi) is 2.78. The van der Waals surface area contributed by atoms with Gasteiger partial charge in [0.05, 0.1) is 10.3 Å². The Morgan fingerprint density at radius 2 is 2.33 bits per heavy atom. The van der Waals surface area contributed by atoms with E-state index in [9.17, 15) is 4.79 Å². The van der Waals surface area contributed by atoms with Gasteiger partial charge in [-0.15, -0.1) is 11.8 Å². The molecule has 1 aromatic carbocycles. The van der Waals surface area contributed by atoms with Crippen molar-refractivity contribution in [1.82, 2.24) is 10.2 Å². The highest BCUT2D eigenvalue weighted by Crippen LogP contribution is 2.38. The van der Waals surface area contributed by atoms with Gasteiger partial charge in [0, 0.05) is 5.39 Å². The number of carbonyl (C=O) groups is 1. The number of aromatic amines is 1. The molecule has 0 radical (unpaired) electrons. The standard InChI is InChI=1S/C13H15N3OS/c1-13(7-4-8-18-13)12(17)14-11-9-5-2-3-6-10(9)15-16-11/h2-3,5-6H,4,7-8H2,1H3,(H2,14,15,16,17). The van der Waals surface area contributed by atoms with Crippen LogP contribution in [0.1, 0.15) is 19.8 Å². The number of benzene rings is 1. The Morgan fingerprint density at radius 1 is 1.50 bits per heavy atom. The highest BCUT2D eigenvalue weighted by molar-refractivity contribution is 8.01. The molecule has 1 unspecified atom stereocenters. The Bertz CT molecular complexity index is 587. The molecule has 1 saturated heterocycles. The molecule has 0 spiro atoms. The number of rotatable bonds is 2. The lowest BCUT2D eigenvalue weighted by Crippen LogP contribution is -2.34.